The van der Waals surface area contributed by atoms with E-state index in [9.17, 15) is 17.6 Å². The van der Waals surface area contributed by atoms with Crippen molar-refractivity contribution in [1.29, 1.82) is 0 Å². The maximum Gasteiger partial charge on any atom is 0.579 e. The summed E-state index contributed by atoms with van der Waals surface area (Å²) in [5, 5.41) is 0. The van der Waals surface area contributed by atoms with Crippen LogP contribution in [0.2, 0.25) is 0 Å². The van der Waals surface area contributed by atoms with Crippen LogP contribution in [-0.4, -0.2) is 41.6 Å². The molecular formula is C6H12F4O3Si. The van der Waals surface area contributed by atoms with Crippen molar-refractivity contribution >= 4 is 8.80 Å². The minimum atomic E-state index is -4.62. The molecule has 0 saturated carbocycles. The Morgan fingerprint density at radius 3 is 1.93 bits per heavy atom. The second-order valence-electron chi connectivity index (χ2n) is 2.46. The zero-order valence-corrected chi connectivity index (χ0v) is 9.02. The van der Waals surface area contributed by atoms with E-state index in [2.05, 4.69) is 13.3 Å². The standard InChI is InChI=1S/C6H12F4O3Si/c1-5(8)6(9,10)14(11-2,12-3)13-4-7/h5H,4H2,1-3H3. The SMILES string of the molecule is CO[Si](OC)(OCF)C(F)(F)C(C)F. The first-order valence-corrected chi connectivity index (χ1v) is 5.42. The van der Waals surface area contributed by atoms with Crippen molar-refractivity contribution in [2.75, 3.05) is 21.1 Å². The summed E-state index contributed by atoms with van der Waals surface area (Å²) in [7, 11) is -2.89. The number of rotatable bonds is 6. The summed E-state index contributed by atoms with van der Waals surface area (Å²) in [5.74, 6) is 0. The average molecular weight is 236 g/mol. The van der Waals surface area contributed by atoms with Crippen LogP contribution in [0.25, 0.3) is 0 Å². The lowest BCUT2D eigenvalue weighted by atomic mass is 10.5. The van der Waals surface area contributed by atoms with Gasteiger partial charge in [-0.05, 0) is 6.92 Å². The fourth-order valence-electron chi connectivity index (χ4n) is 0.885. The van der Waals surface area contributed by atoms with Gasteiger partial charge in [-0.15, -0.1) is 0 Å². The number of hydrogen-bond acceptors (Lipinski definition) is 3. The van der Waals surface area contributed by atoms with Gasteiger partial charge in [-0.25, -0.2) is 8.78 Å². The van der Waals surface area contributed by atoms with Crippen LogP contribution in [0, 0.1) is 0 Å². The third-order valence-corrected chi connectivity index (χ3v) is 4.47. The smallest absolute Gasteiger partial charge is 0.373 e. The Morgan fingerprint density at radius 2 is 1.71 bits per heavy atom. The highest BCUT2D eigenvalue weighted by atomic mass is 28.4. The summed E-state index contributed by atoms with van der Waals surface area (Å²) in [6.07, 6.45) is -2.54. The lowest BCUT2D eigenvalue weighted by Crippen LogP contribution is -2.63. The molecule has 0 heterocycles. The van der Waals surface area contributed by atoms with Gasteiger partial charge in [0.25, 0.3) is 0 Å². The molecule has 0 aliphatic carbocycles. The zero-order valence-electron chi connectivity index (χ0n) is 8.02. The van der Waals surface area contributed by atoms with E-state index in [1.807, 2.05) is 0 Å². The summed E-state index contributed by atoms with van der Waals surface area (Å²) in [4.78, 5) is 0. The Labute approximate surface area is 80.3 Å². The Kier molecular flexibility index (Phi) is 4.99. The van der Waals surface area contributed by atoms with Crippen LogP contribution in [0.3, 0.4) is 0 Å². The van der Waals surface area contributed by atoms with Gasteiger partial charge >= 0.3 is 14.4 Å². The highest BCUT2D eigenvalue weighted by molar-refractivity contribution is 6.63. The molecule has 1 unspecified atom stereocenters. The lowest BCUT2D eigenvalue weighted by Gasteiger charge is -2.32. The summed E-state index contributed by atoms with van der Waals surface area (Å²) in [6, 6.07) is 0. The summed E-state index contributed by atoms with van der Waals surface area (Å²) >= 11 is 0. The quantitative estimate of drug-likeness (QED) is 0.519. The predicted octanol–water partition coefficient (Wildman–Crippen LogP) is 1.69. The predicted molar refractivity (Wildman–Crippen MR) is 42.3 cm³/mol. The van der Waals surface area contributed by atoms with E-state index in [4.69, 9.17) is 0 Å². The van der Waals surface area contributed by atoms with Crippen LogP contribution in [0.4, 0.5) is 17.6 Å². The monoisotopic (exact) mass is 236 g/mol. The van der Waals surface area contributed by atoms with Crippen molar-refractivity contribution in [1.82, 2.24) is 0 Å². The van der Waals surface area contributed by atoms with Crippen molar-refractivity contribution in [3.8, 4) is 0 Å². The third-order valence-electron chi connectivity index (χ3n) is 1.69. The van der Waals surface area contributed by atoms with E-state index in [1.54, 1.807) is 0 Å². The van der Waals surface area contributed by atoms with Crippen molar-refractivity contribution in [2.24, 2.45) is 0 Å². The molecule has 0 spiro atoms. The first-order chi connectivity index (χ1) is 6.38. The molecule has 0 rings (SSSR count). The molecular weight excluding hydrogens is 224 g/mol. The molecule has 0 radical (unpaired) electrons. The van der Waals surface area contributed by atoms with Crippen LogP contribution >= 0.6 is 0 Å². The normalized spacial score (nSPS) is 15.6. The topological polar surface area (TPSA) is 27.7 Å². The second kappa shape index (κ2) is 5.05. The van der Waals surface area contributed by atoms with E-state index in [1.165, 1.54) is 0 Å². The van der Waals surface area contributed by atoms with Gasteiger partial charge in [-0.3, -0.25) is 0 Å². The van der Waals surface area contributed by atoms with Crippen molar-refractivity contribution < 1.29 is 30.8 Å². The highest BCUT2D eigenvalue weighted by Crippen LogP contribution is 2.34. The van der Waals surface area contributed by atoms with Gasteiger partial charge in [0.05, 0.1) is 0 Å². The Balaban J connectivity index is 4.95. The fraction of sp³-hybridized carbons (Fsp3) is 1.00. The van der Waals surface area contributed by atoms with Gasteiger partial charge in [-0.2, -0.15) is 8.78 Å². The maximum absolute atomic E-state index is 13.2. The summed E-state index contributed by atoms with van der Waals surface area (Å²) < 4.78 is 63.6. The van der Waals surface area contributed by atoms with Gasteiger partial charge in [0.1, 0.15) is 0 Å². The Hall–Kier alpha value is -0.183. The van der Waals surface area contributed by atoms with Crippen molar-refractivity contribution in [3.05, 3.63) is 0 Å². The van der Waals surface area contributed by atoms with Crippen LogP contribution in [0.5, 0.6) is 0 Å². The molecule has 0 aromatic heterocycles. The highest BCUT2D eigenvalue weighted by Gasteiger charge is 2.67. The van der Waals surface area contributed by atoms with Crippen LogP contribution in [0.15, 0.2) is 0 Å². The fourth-order valence-corrected chi connectivity index (χ4v) is 2.65. The Bertz CT molecular complexity index is 174. The van der Waals surface area contributed by atoms with Crippen LogP contribution < -0.4 is 0 Å². The molecule has 14 heavy (non-hydrogen) atoms. The van der Waals surface area contributed by atoms with Gasteiger partial charge < -0.3 is 13.3 Å². The van der Waals surface area contributed by atoms with Crippen LogP contribution in [-0.2, 0) is 13.3 Å². The van der Waals surface area contributed by atoms with Gasteiger partial charge in [0.15, 0.2) is 13.0 Å². The first-order valence-electron chi connectivity index (χ1n) is 3.70. The maximum atomic E-state index is 13.2. The minimum Gasteiger partial charge on any atom is -0.373 e. The number of hydrogen-bond donors (Lipinski definition) is 0. The van der Waals surface area contributed by atoms with Gasteiger partial charge in [0.2, 0.25) is 0 Å². The second-order valence-corrected chi connectivity index (χ2v) is 5.34. The van der Waals surface area contributed by atoms with E-state index >= 15 is 0 Å². The molecule has 0 N–H and O–H groups in total. The molecule has 1 atom stereocenters. The van der Waals surface area contributed by atoms with E-state index < -0.39 is 27.4 Å². The van der Waals surface area contributed by atoms with E-state index in [0.29, 0.717) is 6.92 Å². The molecule has 0 bridgehead atoms. The molecule has 0 aliphatic heterocycles. The average Bonchev–Trinajstić information content (AvgIpc) is 2.13. The molecule has 0 aromatic rings. The van der Waals surface area contributed by atoms with Crippen molar-refractivity contribution in [3.63, 3.8) is 0 Å². The number of alkyl halides is 4. The third kappa shape index (κ3) is 2.24. The van der Waals surface area contributed by atoms with Crippen molar-refractivity contribution in [2.45, 2.75) is 18.6 Å². The summed E-state index contributed by atoms with van der Waals surface area (Å²) in [5.41, 5.74) is -3.97. The lowest BCUT2D eigenvalue weighted by molar-refractivity contribution is -0.0869. The van der Waals surface area contributed by atoms with E-state index in [-0.39, 0.29) is 0 Å². The molecule has 0 saturated heterocycles. The molecule has 0 aromatic carbocycles. The molecule has 0 aliphatic rings. The molecule has 8 heteroatoms. The molecule has 0 fully saturated rings. The largest absolute Gasteiger partial charge is 0.579 e. The van der Waals surface area contributed by atoms with Crippen LogP contribution in [0.1, 0.15) is 6.92 Å². The van der Waals surface area contributed by atoms with Gasteiger partial charge in [0, 0.05) is 14.2 Å². The first kappa shape index (κ1) is 13.8. The number of halogens is 4. The zero-order chi connectivity index (χ0) is 11.4. The Morgan fingerprint density at radius 1 is 1.29 bits per heavy atom. The molecule has 3 nitrogen and oxygen atoms in total. The summed E-state index contributed by atoms with van der Waals surface area (Å²) in [6.45, 7) is -0.891. The molecule has 0 amide bonds. The van der Waals surface area contributed by atoms with E-state index in [0.717, 1.165) is 14.2 Å². The van der Waals surface area contributed by atoms with Gasteiger partial charge in [-0.1, -0.05) is 0 Å². The minimum absolute atomic E-state index is 0.626. The molecule has 86 valence electrons.